The fourth-order valence-electron chi connectivity index (χ4n) is 2.27. The zero-order valence-corrected chi connectivity index (χ0v) is 16.1. The Morgan fingerprint density at radius 3 is 1.54 bits per heavy atom. The summed E-state index contributed by atoms with van der Waals surface area (Å²) in [5.74, 6) is 0. The monoisotopic (exact) mass is 388 g/mol. The number of hydrogen-bond donors (Lipinski definition) is 2. The third-order valence-corrected chi connectivity index (χ3v) is 3.78. The van der Waals surface area contributed by atoms with E-state index < -0.39 is 6.10 Å². The van der Waals surface area contributed by atoms with Gasteiger partial charge < -0.3 is 29.2 Å². The van der Waals surface area contributed by atoms with Gasteiger partial charge in [0.15, 0.2) is 0 Å². The van der Waals surface area contributed by atoms with E-state index in [1.165, 1.54) is 44.9 Å². The van der Waals surface area contributed by atoms with Crippen molar-refractivity contribution in [2.45, 2.75) is 64.4 Å². The van der Waals surface area contributed by atoms with Crippen LogP contribution < -0.4 is 0 Å². The Balaban J connectivity index is 0. The van der Waals surface area contributed by atoms with Crippen LogP contribution in [0, 0.1) is 0 Å². The molecular weight excluding hydrogens is 347 g/mol. The van der Waals surface area contributed by atoms with Gasteiger partial charge in [0, 0.05) is 6.61 Å². The van der Waals surface area contributed by atoms with Gasteiger partial charge in [-0.2, -0.15) is 0 Å². The standard InChI is InChI=1S/C19H40O6.Na.H/c1-2-3-4-5-6-7-8-9-10-22-11-12-23-13-14-24-15-16-25-18-19(21)17-20;;/h19-21H,2-18H2,1H3;;. The SMILES string of the molecule is CCCCCCCCCCOCCOCCOCCOCC(O)CO.[NaH]. The topological polar surface area (TPSA) is 77.4 Å². The van der Waals surface area contributed by atoms with Gasteiger partial charge in [-0.1, -0.05) is 51.9 Å². The van der Waals surface area contributed by atoms with Crippen molar-refractivity contribution in [3.05, 3.63) is 0 Å². The van der Waals surface area contributed by atoms with Gasteiger partial charge in [-0.05, 0) is 6.42 Å². The molecule has 1 unspecified atom stereocenters. The van der Waals surface area contributed by atoms with Crippen molar-refractivity contribution >= 4 is 29.6 Å². The zero-order valence-electron chi connectivity index (χ0n) is 16.1. The van der Waals surface area contributed by atoms with Crippen molar-refractivity contribution in [1.82, 2.24) is 0 Å². The van der Waals surface area contributed by atoms with Gasteiger partial charge in [0.25, 0.3) is 0 Å². The van der Waals surface area contributed by atoms with Crippen molar-refractivity contribution in [2.24, 2.45) is 0 Å². The second kappa shape index (κ2) is 25.8. The van der Waals surface area contributed by atoms with Crippen LogP contribution in [0.4, 0.5) is 0 Å². The predicted octanol–water partition coefficient (Wildman–Crippen LogP) is 1.90. The van der Waals surface area contributed by atoms with Crippen LogP contribution in [-0.4, -0.2) is 105 Å². The fraction of sp³-hybridized carbons (Fsp3) is 1.00. The Morgan fingerprint density at radius 1 is 0.615 bits per heavy atom. The van der Waals surface area contributed by atoms with E-state index in [0.29, 0.717) is 39.6 Å². The molecule has 0 rings (SSSR count). The molecule has 0 aromatic heterocycles. The van der Waals surface area contributed by atoms with Crippen molar-refractivity contribution in [1.29, 1.82) is 0 Å². The average Bonchev–Trinajstić information content (AvgIpc) is 2.63. The second-order valence-electron chi connectivity index (χ2n) is 6.22. The van der Waals surface area contributed by atoms with E-state index >= 15 is 0 Å². The average molecular weight is 389 g/mol. The van der Waals surface area contributed by atoms with E-state index in [9.17, 15) is 0 Å². The number of hydrogen-bond acceptors (Lipinski definition) is 6. The van der Waals surface area contributed by atoms with Gasteiger partial charge in [-0.15, -0.1) is 0 Å². The first-order valence-corrected chi connectivity index (χ1v) is 9.91. The van der Waals surface area contributed by atoms with E-state index in [4.69, 9.17) is 29.2 Å². The molecule has 26 heavy (non-hydrogen) atoms. The minimum atomic E-state index is -0.811. The summed E-state index contributed by atoms with van der Waals surface area (Å²) in [6, 6.07) is 0. The molecule has 0 radical (unpaired) electrons. The number of rotatable bonds is 21. The molecule has 0 saturated carbocycles. The van der Waals surface area contributed by atoms with Crippen molar-refractivity contribution in [3.8, 4) is 0 Å². The first-order chi connectivity index (χ1) is 12.3. The van der Waals surface area contributed by atoms with E-state index in [1.807, 2.05) is 0 Å². The van der Waals surface area contributed by atoms with Crippen LogP contribution in [-0.2, 0) is 18.9 Å². The molecule has 7 heteroatoms. The van der Waals surface area contributed by atoms with Gasteiger partial charge in [0.2, 0.25) is 0 Å². The Morgan fingerprint density at radius 2 is 1.04 bits per heavy atom. The number of aliphatic hydroxyl groups is 2. The Hall–Kier alpha value is 0.760. The van der Waals surface area contributed by atoms with Crippen LogP contribution in [0.15, 0.2) is 0 Å². The Labute approximate surface area is 182 Å². The normalized spacial score (nSPS) is 12.1. The number of ether oxygens (including phenoxy) is 4. The van der Waals surface area contributed by atoms with Gasteiger partial charge in [-0.25, -0.2) is 0 Å². The summed E-state index contributed by atoms with van der Waals surface area (Å²) in [6.45, 7) is 6.07. The molecule has 0 spiro atoms. The summed E-state index contributed by atoms with van der Waals surface area (Å²) in [4.78, 5) is 0. The van der Waals surface area contributed by atoms with Crippen molar-refractivity contribution in [3.63, 3.8) is 0 Å². The van der Waals surface area contributed by atoms with E-state index in [0.717, 1.165) is 13.0 Å². The second-order valence-corrected chi connectivity index (χ2v) is 6.22. The van der Waals surface area contributed by atoms with Gasteiger partial charge in [-0.3, -0.25) is 0 Å². The van der Waals surface area contributed by atoms with E-state index in [1.54, 1.807) is 0 Å². The molecular formula is C19H41NaO6. The summed E-state index contributed by atoms with van der Waals surface area (Å²) in [5, 5.41) is 17.7. The summed E-state index contributed by atoms with van der Waals surface area (Å²) in [7, 11) is 0. The van der Waals surface area contributed by atoms with Crippen LogP contribution in [0.2, 0.25) is 0 Å². The van der Waals surface area contributed by atoms with E-state index in [-0.39, 0.29) is 42.8 Å². The maximum absolute atomic E-state index is 9.05. The molecule has 0 aromatic rings. The minimum absolute atomic E-state index is 0. The van der Waals surface area contributed by atoms with Crippen LogP contribution in [0.1, 0.15) is 58.3 Å². The van der Waals surface area contributed by atoms with Crippen LogP contribution >= 0.6 is 0 Å². The Bertz CT molecular complexity index is 246. The molecule has 154 valence electrons. The molecule has 0 fully saturated rings. The first kappa shape index (κ1) is 29.0. The van der Waals surface area contributed by atoms with Crippen molar-refractivity contribution < 1.29 is 29.2 Å². The first-order valence-electron chi connectivity index (χ1n) is 9.91. The summed E-state index contributed by atoms with van der Waals surface area (Å²) in [5.41, 5.74) is 0. The molecule has 0 saturated heterocycles. The van der Waals surface area contributed by atoms with Gasteiger partial charge in [0.05, 0.1) is 52.9 Å². The summed E-state index contributed by atoms with van der Waals surface area (Å²) in [6.07, 6.45) is 9.72. The molecule has 1 atom stereocenters. The molecule has 0 amide bonds. The van der Waals surface area contributed by atoms with Crippen molar-refractivity contribution in [2.75, 3.05) is 59.5 Å². The molecule has 0 aliphatic rings. The molecule has 2 N–H and O–H groups in total. The molecule has 0 bridgehead atoms. The fourth-order valence-corrected chi connectivity index (χ4v) is 2.27. The van der Waals surface area contributed by atoms with Crippen LogP contribution in [0.5, 0.6) is 0 Å². The quantitative estimate of drug-likeness (QED) is 0.231. The van der Waals surface area contributed by atoms with E-state index in [2.05, 4.69) is 6.92 Å². The molecule has 0 aliphatic carbocycles. The molecule has 0 aliphatic heterocycles. The third kappa shape index (κ3) is 24.8. The molecule has 0 aromatic carbocycles. The van der Waals surface area contributed by atoms with Gasteiger partial charge >= 0.3 is 29.6 Å². The van der Waals surface area contributed by atoms with Crippen LogP contribution in [0.3, 0.4) is 0 Å². The number of unbranched alkanes of at least 4 members (excludes halogenated alkanes) is 7. The molecule has 6 nitrogen and oxygen atoms in total. The van der Waals surface area contributed by atoms with Gasteiger partial charge in [0.1, 0.15) is 6.10 Å². The summed E-state index contributed by atoms with van der Waals surface area (Å²) < 4.78 is 21.4. The zero-order chi connectivity index (χ0) is 18.4. The third-order valence-electron chi connectivity index (χ3n) is 3.78. The molecule has 0 heterocycles. The maximum atomic E-state index is 9.05. The Kier molecular flexibility index (Phi) is 28.7. The summed E-state index contributed by atoms with van der Waals surface area (Å²) >= 11 is 0. The van der Waals surface area contributed by atoms with Crippen LogP contribution in [0.25, 0.3) is 0 Å². The predicted molar refractivity (Wildman–Crippen MR) is 106 cm³/mol. The number of aliphatic hydroxyl groups excluding tert-OH is 2.